The van der Waals surface area contributed by atoms with E-state index in [1.54, 1.807) is 18.2 Å². The molecule has 0 aliphatic heterocycles. The number of nitrogens with one attached hydrogen (secondary N) is 1. The van der Waals surface area contributed by atoms with Gasteiger partial charge in [-0.1, -0.05) is 48.0 Å². The molecule has 0 aromatic heterocycles. The normalized spacial score (nSPS) is 10.4. The zero-order chi connectivity index (χ0) is 22.1. The Kier molecular flexibility index (Phi) is 8.19. The molecule has 0 radical (unpaired) electrons. The first-order chi connectivity index (χ1) is 15.1. The molecule has 1 amide bonds. The predicted molar refractivity (Wildman–Crippen MR) is 122 cm³/mol. The van der Waals surface area contributed by atoms with E-state index in [0.717, 1.165) is 11.1 Å². The minimum atomic E-state index is -0.266. The largest absolute Gasteiger partial charge is 0.490 e. The minimum Gasteiger partial charge on any atom is -0.490 e. The van der Waals surface area contributed by atoms with E-state index in [4.69, 9.17) is 25.8 Å². The van der Waals surface area contributed by atoms with Crippen molar-refractivity contribution in [3.63, 3.8) is 0 Å². The number of amides is 1. The molecule has 31 heavy (non-hydrogen) atoms. The van der Waals surface area contributed by atoms with Gasteiger partial charge in [-0.3, -0.25) is 4.79 Å². The molecular weight excluding hydrogens is 414 g/mol. The summed E-state index contributed by atoms with van der Waals surface area (Å²) in [6.45, 7) is 5.61. The summed E-state index contributed by atoms with van der Waals surface area (Å²) < 4.78 is 17.1. The van der Waals surface area contributed by atoms with Crippen molar-refractivity contribution in [3.05, 3.63) is 88.4 Å². The molecule has 3 aromatic rings. The minimum absolute atomic E-state index is 0.266. The fourth-order valence-corrected chi connectivity index (χ4v) is 3.20. The summed E-state index contributed by atoms with van der Waals surface area (Å²) in [4.78, 5) is 12.9. The maximum atomic E-state index is 12.9. The number of hydrogen-bond donors (Lipinski definition) is 1. The quantitative estimate of drug-likeness (QED) is 0.443. The Hall–Kier alpha value is -3.18. The summed E-state index contributed by atoms with van der Waals surface area (Å²) in [6, 6.07) is 20.4. The van der Waals surface area contributed by atoms with Crippen LogP contribution in [0, 0.1) is 0 Å². The van der Waals surface area contributed by atoms with Crippen LogP contribution in [0.15, 0.2) is 66.7 Å². The van der Waals surface area contributed by atoms with E-state index in [9.17, 15) is 4.79 Å². The Morgan fingerprint density at radius 1 is 0.806 bits per heavy atom. The molecule has 6 heteroatoms. The Balaban J connectivity index is 1.70. The van der Waals surface area contributed by atoms with Crippen LogP contribution in [0.4, 0.5) is 0 Å². The molecule has 1 N–H and O–H groups in total. The van der Waals surface area contributed by atoms with Crippen LogP contribution in [0.1, 0.15) is 35.3 Å². The molecule has 0 saturated heterocycles. The monoisotopic (exact) mass is 439 g/mol. The molecule has 3 rings (SSSR count). The number of benzene rings is 3. The van der Waals surface area contributed by atoms with Gasteiger partial charge in [-0.15, -0.1) is 0 Å². The molecule has 3 aromatic carbocycles. The SMILES string of the molecule is CCOc1ccc(CNC(=O)c2cc(Cl)ccc2OCc2ccccc2)cc1OCC. The van der Waals surface area contributed by atoms with E-state index < -0.39 is 0 Å². The summed E-state index contributed by atoms with van der Waals surface area (Å²) in [5.41, 5.74) is 2.30. The highest BCUT2D eigenvalue weighted by molar-refractivity contribution is 6.31. The second-order valence-electron chi connectivity index (χ2n) is 6.74. The van der Waals surface area contributed by atoms with Crippen LogP contribution in [0.2, 0.25) is 5.02 Å². The molecule has 0 aliphatic carbocycles. The van der Waals surface area contributed by atoms with Gasteiger partial charge in [0, 0.05) is 11.6 Å². The smallest absolute Gasteiger partial charge is 0.255 e. The fraction of sp³-hybridized carbons (Fsp3) is 0.240. The van der Waals surface area contributed by atoms with Crippen LogP contribution in [0.5, 0.6) is 17.2 Å². The van der Waals surface area contributed by atoms with Crippen molar-refractivity contribution in [1.82, 2.24) is 5.32 Å². The summed E-state index contributed by atoms with van der Waals surface area (Å²) in [6.07, 6.45) is 0. The van der Waals surface area contributed by atoms with Gasteiger partial charge in [0.05, 0.1) is 18.8 Å². The number of carbonyl (C=O) groups is 1. The molecular formula is C25H26ClNO4. The van der Waals surface area contributed by atoms with Crippen LogP contribution in [-0.2, 0) is 13.2 Å². The Bertz CT molecular complexity index is 1010. The van der Waals surface area contributed by atoms with Gasteiger partial charge in [0.25, 0.3) is 5.91 Å². The number of hydrogen-bond acceptors (Lipinski definition) is 4. The number of ether oxygens (including phenoxy) is 3. The van der Waals surface area contributed by atoms with E-state index >= 15 is 0 Å². The molecule has 162 valence electrons. The van der Waals surface area contributed by atoms with Gasteiger partial charge in [0.1, 0.15) is 12.4 Å². The van der Waals surface area contributed by atoms with Crippen LogP contribution in [-0.4, -0.2) is 19.1 Å². The molecule has 0 fully saturated rings. The summed E-state index contributed by atoms with van der Waals surface area (Å²) in [7, 11) is 0. The average Bonchev–Trinajstić information content (AvgIpc) is 2.79. The van der Waals surface area contributed by atoms with E-state index in [0.29, 0.717) is 54.2 Å². The van der Waals surface area contributed by atoms with Crippen LogP contribution >= 0.6 is 11.6 Å². The molecule has 0 aliphatic rings. The van der Waals surface area contributed by atoms with Gasteiger partial charge in [-0.25, -0.2) is 0 Å². The number of carbonyl (C=O) groups excluding carboxylic acids is 1. The standard InChI is InChI=1S/C25H26ClNO4/c1-3-29-23-12-10-19(14-24(23)30-4-2)16-27-25(28)21-15-20(26)11-13-22(21)31-17-18-8-6-5-7-9-18/h5-15H,3-4,16-17H2,1-2H3,(H,27,28). The fourth-order valence-electron chi connectivity index (χ4n) is 3.02. The third-order valence-corrected chi connectivity index (χ3v) is 4.72. The van der Waals surface area contributed by atoms with E-state index in [2.05, 4.69) is 5.32 Å². The van der Waals surface area contributed by atoms with Crippen molar-refractivity contribution >= 4 is 17.5 Å². The first-order valence-electron chi connectivity index (χ1n) is 10.2. The Morgan fingerprint density at radius 3 is 2.26 bits per heavy atom. The molecule has 0 spiro atoms. The van der Waals surface area contributed by atoms with Crippen molar-refractivity contribution < 1.29 is 19.0 Å². The van der Waals surface area contributed by atoms with Crippen LogP contribution in [0.25, 0.3) is 0 Å². The second kappa shape index (κ2) is 11.3. The van der Waals surface area contributed by atoms with Gasteiger partial charge in [0.15, 0.2) is 11.5 Å². The van der Waals surface area contributed by atoms with Crippen molar-refractivity contribution in [2.45, 2.75) is 27.0 Å². The molecule has 0 unspecified atom stereocenters. The van der Waals surface area contributed by atoms with E-state index in [1.165, 1.54) is 0 Å². The predicted octanol–water partition coefficient (Wildman–Crippen LogP) is 5.65. The zero-order valence-electron chi connectivity index (χ0n) is 17.7. The molecule has 0 bridgehead atoms. The highest BCUT2D eigenvalue weighted by atomic mass is 35.5. The Morgan fingerprint density at radius 2 is 1.52 bits per heavy atom. The van der Waals surface area contributed by atoms with Crippen molar-refractivity contribution in [2.24, 2.45) is 0 Å². The highest BCUT2D eigenvalue weighted by Gasteiger charge is 2.14. The van der Waals surface area contributed by atoms with Crippen molar-refractivity contribution in [1.29, 1.82) is 0 Å². The van der Waals surface area contributed by atoms with Gasteiger partial charge in [-0.05, 0) is 55.3 Å². The van der Waals surface area contributed by atoms with Gasteiger partial charge >= 0.3 is 0 Å². The second-order valence-corrected chi connectivity index (χ2v) is 7.18. The molecule has 0 atom stereocenters. The Labute approximate surface area is 187 Å². The zero-order valence-corrected chi connectivity index (χ0v) is 18.4. The van der Waals surface area contributed by atoms with Crippen molar-refractivity contribution in [2.75, 3.05) is 13.2 Å². The third-order valence-electron chi connectivity index (χ3n) is 4.48. The van der Waals surface area contributed by atoms with Gasteiger partial charge in [-0.2, -0.15) is 0 Å². The maximum absolute atomic E-state index is 12.9. The number of rotatable bonds is 10. The topological polar surface area (TPSA) is 56.8 Å². The molecule has 5 nitrogen and oxygen atoms in total. The van der Waals surface area contributed by atoms with Crippen molar-refractivity contribution in [3.8, 4) is 17.2 Å². The van der Waals surface area contributed by atoms with Crippen LogP contribution < -0.4 is 19.5 Å². The summed E-state index contributed by atoms with van der Waals surface area (Å²) in [5, 5.41) is 3.40. The van der Waals surface area contributed by atoms with E-state index in [-0.39, 0.29) is 5.91 Å². The summed E-state index contributed by atoms with van der Waals surface area (Å²) >= 11 is 6.13. The van der Waals surface area contributed by atoms with Gasteiger partial charge < -0.3 is 19.5 Å². The lowest BCUT2D eigenvalue weighted by Crippen LogP contribution is -2.23. The first-order valence-corrected chi connectivity index (χ1v) is 10.6. The lowest BCUT2D eigenvalue weighted by molar-refractivity contribution is 0.0946. The average molecular weight is 440 g/mol. The number of halogens is 1. The van der Waals surface area contributed by atoms with E-state index in [1.807, 2.05) is 62.4 Å². The maximum Gasteiger partial charge on any atom is 0.255 e. The first kappa shape index (κ1) is 22.5. The summed E-state index contributed by atoms with van der Waals surface area (Å²) in [5.74, 6) is 1.56. The third kappa shape index (κ3) is 6.40. The molecule has 0 saturated carbocycles. The highest BCUT2D eigenvalue weighted by Crippen LogP contribution is 2.29. The lowest BCUT2D eigenvalue weighted by Gasteiger charge is -2.14. The molecule has 0 heterocycles. The van der Waals surface area contributed by atoms with Crippen LogP contribution in [0.3, 0.4) is 0 Å². The van der Waals surface area contributed by atoms with Gasteiger partial charge in [0.2, 0.25) is 0 Å². The lowest BCUT2D eigenvalue weighted by atomic mass is 10.1.